The molecule has 1 aliphatic heterocycles. The molecule has 0 aromatic heterocycles. The molecule has 1 aromatic rings. The smallest absolute Gasteiger partial charge is 0.261 e. The molecule has 0 radical (unpaired) electrons. The van der Waals surface area contributed by atoms with Gasteiger partial charge in [0.2, 0.25) is 0 Å². The summed E-state index contributed by atoms with van der Waals surface area (Å²) in [5.41, 5.74) is 1.83. The van der Waals surface area contributed by atoms with E-state index in [9.17, 15) is 9.59 Å². The van der Waals surface area contributed by atoms with Crippen molar-refractivity contribution in [2.24, 2.45) is 0 Å². The molecule has 2 rings (SSSR count). The first-order valence-electron chi connectivity index (χ1n) is 5.23. The lowest BCUT2D eigenvalue weighted by atomic mass is 10.2. The molecule has 0 spiro atoms. The van der Waals surface area contributed by atoms with Crippen LogP contribution in [0.15, 0.2) is 33.8 Å². The van der Waals surface area contributed by atoms with Gasteiger partial charge in [0.05, 0.1) is 17.3 Å². The van der Waals surface area contributed by atoms with Crippen LogP contribution in [0, 0.1) is 11.3 Å². The highest BCUT2D eigenvalue weighted by Gasteiger charge is 2.35. The lowest BCUT2D eigenvalue weighted by molar-refractivity contribution is -0.120. The molecule has 1 aromatic carbocycles. The van der Waals surface area contributed by atoms with Gasteiger partial charge in [-0.05, 0) is 48.0 Å². The van der Waals surface area contributed by atoms with Crippen molar-refractivity contribution in [3.05, 3.63) is 39.4 Å². The summed E-state index contributed by atoms with van der Waals surface area (Å²) in [6.07, 6.45) is 0. The van der Waals surface area contributed by atoms with Crippen molar-refractivity contribution in [1.82, 2.24) is 0 Å². The van der Waals surface area contributed by atoms with Crippen molar-refractivity contribution in [2.75, 3.05) is 4.90 Å². The van der Waals surface area contributed by atoms with Gasteiger partial charge in [0.1, 0.15) is 0 Å². The number of hydrogen-bond donors (Lipinski definition) is 0. The fourth-order valence-corrected chi connectivity index (χ4v) is 2.28. The van der Waals surface area contributed by atoms with Gasteiger partial charge in [-0.3, -0.25) is 9.59 Å². The normalized spacial score (nSPS) is 15.3. The molecule has 1 aliphatic rings. The minimum absolute atomic E-state index is 0.317. The third kappa shape index (κ3) is 1.75. The second-order valence-corrected chi connectivity index (χ2v) is 4.83. The molecular weight excluding hydrogens is 296 g/mol. The highest BCUT2D eigenvalue weighted by atomic mass is 79.9. The second kappa shape index (κ2) is 4.39. The van der Waals surface area contributed by atoms with E-state index >= 15 is 0 Å². The Kier molecular flexibility index (Phi) is 3.05. The number of nitrogens with zero attached hydrogens (tertiary/aromatic N) is 2. The van der Waals surface area contributed by atoms with Crippen LogP contribution in [0.1, 0.15) is 19.4 Å². The summed E-state index contributed by atoms with van der Waals surface area (Å²) in [6.45, 7) is 3.26. The Morgan fingerprint density at radius 3 is 2.17 bits per heavy atom. The molecule has 0 saturated carbocycles. The number of amides is 2. The third-order valence-corrected chi connectivity index (χ3v) is 3.56. The first kappa shape index (κ1) is 12.5. The van der Waals surface area contributed by atoms with E-state index in [4.69, 9.17) is 5.26 Å². The highest BCUT2D eigenvalue weighted by Crippen LogP contribution is 2.32. The molecule has 0 saturated heterocycles. The van der Waals surface area contributed by atoms with Gasteiger partial charge in [0.15, 0.2) is 0 Å². The number of carbonyl (C=O) groups is 2. The maximum absolute atomic E-state index is 12.0. The van der Waals surface area contributed by atoms with E-state index in [-0.39, 0.29) is 11.8 Å². The second-order valence-electron chi connectivity index (χ2n) is 3.97. The summed E-state index contributed by atoms with van der Waals surface area (Å²) in [6, 6.07) is 6.74. The fourth-order valence-electron chi connectivity index (χ4n) is 1.73. The molecule has 0 aliphatic carbocycles. The van der Waals surface area contributed by atoms with Crippen molar-refractivity contribution < 1.29 is 9.59 Å². The van der Waals surface area contributed by atoms with Gasteiger partial charge in [-0.15, -0.1) is 0 Å². The Bertz CT molecular complexity index is 617. The molecule has 4 nitrogen and oxygen atoms in total. The number of carbonyl (C=O) groups excluding carboxylic acids is 2. The van der Waals surface area contributed by atoms with Crippen LogP contribution in [0.4, 0.5) is 5.69 Å². The number of benzene rings is 1. The van der Waals surface area contributed by atoms with E-state index in [0.29, 0.717) is 26.9 Å². The van der Waals surface area contributed by atoms with Crippen LogP contribution in [0.5, 0.6) is 0 Å². The zero-order chi connectivity index (χ0) is 13.4. The summed E-state index contributed by atoms with van der Waals surface area (Å²) >= 11 is 3.28. The van der Waals surface area contributed by atoms with Crippen LogP contribution < -0.4 is 4.90 Å². The van der Waals surface area contributed by atoms with Crippen molar-refractivity contribution in [3.8, 4) is 6.07 Å². The van der Waals surface area contributed by atoms with Gasteiger partial charge in [0.25, 0.3) is 11.8 Å². The van der Waals surface area contributed by atoms with E-state index in [0.717, 1.165) is 4.90 Å². The average molecular weight is 305 g/mol. The molecule has 90 valence electrons. The topological polar surface area (TPSA) is 61.2 Å². The number of rotatable bonds is 1. The zero-order valence-electron chi connectivity index (χ0n) is 9.82. The van der Waals surface area contributed by atoms with Gasteiger partial charge < -0.3 is 0 Å². The number of halogens is 1. The predicted molar refractivity (Wildman–Crippen MR) is 69.7 cm³/mol. The fraction of sp³-hybridized carbons (Fsp3) is 0.154. The van der Waals surface area contributed by atoms with Crippen molar-refractivity contribution in [3.63, 3.8) is 0 Å². The maximum Gasteiger partial charge on any atom is 0.261 e. The molecule has 0 atom stereocenters. The third-order valence-electron chi connectivity index (χ3n) is 2.93. The van der Waals surface area contributed by atoms with Gasteiger partial charge >= 0.3 is 0 Å². The molecule has 0 fully saturated rings. The Balaban J connectivity index is 2.50. The number of nitriles is 1. The summed E-state index contributed by atoms with van der Waals surface area (Å²) in [5, 5.41) is 8.78. The van der Waals surface area contributed by atoms with Crippen LogP contribution >= 0.6 is 15.9 Å². The molecule has 18 heavy (non-hydrogen) atoms. The largest absolute Gasteiger partial charge is 0.269 e. The van der Waals surface area contributed by atoms with Gasteiger partial charge in [0, 0.05) is 15.6 Å². The molecule has 2 amide bonds. The van der Waals surface area contributed by atoms with E-state index in [1.54, 1.807) is 32.0 Å². The van der Waals surface area contributed by atoms with Gasteiger partial charge in [-0.2, -0.15) is 5.26 Å². The minimum atomic E-state index is -0.317. The summed E-state index contributed by atoms with van der Waals surface area (Å²) in [4.78, 5) is 25.1. The molecule has 5 heteroatoms. The molecule has 0 unspecified atom stereocenters. The Labute approximate surface area is 113 Å². The summed E-state index contributed by atoms with van der Waals surface area (Å²) < 4.78 is 0.547. The van der Waals surface area contributed by atoms with Gasteiger partial charge in [-0.25, -0.2) is 4.90 Å². The SMILES string of the molecule is CC1=C(C)C(=O)N(c2ccc(C#N)cc2Br)C1=O. The van der Waals surface area contributed by atoms with Crippen LogP contribution in [-0.4, -0.2) is 11.8 Å². The van der Waals surface area contributed by atoms with Gasteiger partial charge in [-0.1, -0.05) is 0 Å². The van der Waals surface area contributed by atoms with Crippen LogP contribution in [0.2, 0.25) is 0 Å². The van der Waals surface area contributed by atoms with E-state index < -0.39 is 0 Å². The molecule has 0 bridgehead atoms. The Hall–Kier alpha value is -1.93. The summed E-state index contributed by atoms with van der Waals surface area (Å²) in [7, 11) is 0. The maximum atomic E-state index is 12.0. The zero-order valence-corrected chi connectivity index (χ0v) is 11.4. The number of imide groups is 1. The number of anilines is 1. The van der Waals surface area contributed by atoms with E-state index in [1.165, 1.54) is 0 Å². The first-order chi connectivity index (χ1) is 8.47. The van der Waals surface area contributed by atoms with Crippen molar-refractivity contribution in [1.29, 1.82) is 5.26 Å². The molecular formula is C13H9BrN2O2. The Morgan fingerprint density at radius 1 is 1.17 bits per heavy atom. The first-order valence-corrected chi connectivity index (χ1v) is 6.02. The van der Waals surface area contributed by atoms with E-state index in [1.807, 2.05) is 6.07 Å². The highest BCUT2D eigenvalue weighted by molar-refractivity contribution is 9.10. The average Bonchev–Trinajstić information content (AvgIpc) is 2.55. The van der Waals surface area contributed by atoms with Crippen LogP contribution in [0.3, 0.4) is 0 Å². The standard InChI is InChI=1S/C13H9BrN2O2/c1-7-8(2)13(18)16(12(7)17)11-4-3-9(6-15)5-10(11)14/h3-5H,1-2H3. The quantitative estimate of drug-likeness (QED) is 0.749. The van der Waals surface area contributed by atoms with E-state index in [2.05, 4.69) is 15.9 Å². The lowest BCUT2D eigenvalue weighted by Crippen LogP contribution is -2.31. The number of hydrogen-bond acceptors (Lipinski definition) is 3. The summed E-state index contributed by atoms with van der Waals surface area (Å²) in [5.74, 6) is -0.634. The Morgan fingerprint density at radius 2 is 1.72 bits per heavy atom. The molecule has 1 heterocycles. The monoisotopic (exact) mass is 304 g/mol. The lowest BCUT2D eigenvalue weighted by Gasteiger charge is -2.16. The molecule has 0 N–H and O–H groups in total. The van der Waals surface area contributed by atoms with Crippen LogP contribution in [-0.2, 0) is 9.59 Å². The predicted octanol–water partition coefficient (Wildman–Crippen LogP) is 2.53. The van der Waals surface area contributed by atoms with Crippen molar-refractivity contribution in [2.45, 2.75) is 13.8 Å². The van der Waals surface area contributed by atoms with Crippen LogP contribution in [0.25, 0.3) is 0 Å². The van der Waals surface area contributed by atoms with Crippen molar-refractivity contribution >= 4 is 33.4 Å². The minimum Gasteiger partial charge on any atom is -0.269 e.